The Morgan fingerprint density at radius 3 is 2.26 bits per heavy atom. The average molecular weight is 588 g/mol. The van der Waals surface area contributed by atoms with Gasteiger partial charge in [0.15, 0.2) is 11.4 Å². The van der Waals surface area contributed by atoms with Gasteiger partial charge in [-0.1, -0.05) is 0 Å². The number of hydrogen-bond donors (Lipinski definition) is 7. The Morgan fingerprint density at radius 2 is 1.74 bits per heavy atom. The van der Waals surface area contributed by atoms with E-state index in [1.165, 1.54) is 11.0 Å². The number of aromatic nitrogens is 2. The summed E-state index contributed by atoms with van der Waals surface area (Å²) in [5, 5.41) is 43.9. The van der Waals surface area contributed by atoms with Crippen molar-refractivity contribution in [3.8, 4) is 5.75 Å². The van der Waals surface area contributed by atoms with Gasteiger partial charge in [0, 0.05) is 37.5 Å². The molecule has 3 aliphatic carbocycles. The molecule has 0 saturated heterocycles. The van der Waals surface area contributed by atoms with Gasteiger partial charge in [-0.05, 0) is 50.6 Å². The van der Waals surface area contributed by atoms with Gasteiger partial charge < -0.3 is 36.0 Å². The molecule has 0 aliphatic heterocycles. The van der Waals surface area contributed by atoms with Gasteiger partial charge in [-0.3, -0.25) is 29.1 Å². The summed E-state index contributed by atoms with van der Waals surface area (Å²) in [5.41, 5.74) is 1.31. The molecule has 1 aromatic carbocycles. The number of hydrogen-bond acceptors (Lipinski definition) is 11. The fraction of sp³-hybridized carbons (Fsp3) is 0.370. The number of nitrogens with two attached hydrogens (primary N) is 1. The molecule has 1 heterocycles. The van der Waals surface area contributed by atoms with E-state index in [2.05, 4.69) is 0 Å². The number of nitrogens with one attached hydrogen (secondary N) is 2. The zero-order chi connectivity index (χ0) is 31.4. The van der Waals surface area contributed by atoms with E-state index in [9.17, 15) is 48.8 Å². The fourth-order valence-electron chi connectivity index (χ4n) is 6.05. The van der Waals surface area contributed by atoms with E-state index in [1.807, 2.05) is 4.98 Å². The van der Waals surface area contributed by atoms with E-state index < -0.39 is 75.1 Å². The second kappa shape index (κ2) is 10.6. The standard InChI is InChI=1S/C23H27N3O7.C4H3FN2O2/c1-25(2)12-5-6-13(27)15-10(12)7-9-8-11-17(26(3)4)19(29)16(22(24)32)21(31)23(11,33)20(30)14(9)18(15)28;5-2-1-6-4(9)7-3(2)8/h5-6,9,11,17,27,29-30,33H,7-8H2,1-4H3,(H2,24,32);1H,(H2,6,7,8,9)/t9-,11-,17-,23-;/m0./s1. The molecule has 0 spiro atoms. The molecular weight excluding hydrogens is 557 g/mol. The number of phenolic OH excluding ortho intramolecular Hbond substituents is 1. The number of allylic oxidation sites excluding steroid dienone is 1. The molecule has 42 heavy (non-hydrogen) atoms. The first kappa shape index (κ1) is 30.2. The average Bonchev–Trinajstić information content (AvgIpc) is 2.88. The van der Waals surface area contributed by atoms with Gasteiger partial charge in [0.1, 0.15) is 22.8 Å². The number of benzene rings is 1. The van der Waals surface area contributed by atoms with Crippen LogP contribution >= 0.6 is 0 Å². The highest BCUT2D eigenvalue weighted by atomic mass is 19.1. The largest absolute Gasteiger partial charge is 0.510 e. The lowest BCUT2D eigenvalue weighted by Crippen LogP contribution is -2.63. The highest BCUT2D eigenvalue weighted by Gasteiger charge is 2.63. The summed E-state index contributed by atoms with van der Waals surface area (Å²) in [6.07, 6.45) is 1.03. The van der Waals surface area contributed by atoms with Crippen LogP contribution in [0.5, 0.6) is 5.75 Å². The van der Waals surface area contributed by atoms with Crippen molar-refractivity contribution in [2.24, 2.45) is 17.6 Å². The topological polar surface area (TPSA) is 230 Å². The fourth-order valence-corrected chi connectivity index (χ4v) is 6.05. The molecule has 1 amide bonds. The SMILES string of the molecule is CN(C)c1ccc(O)c2c1C[C@H]1C[C@H]3[C@H](N(C)C)C(O)=C(C(N)=O)C(=O)[C@@]3(O)C(O)=C1C2=O.O=c1[nH]cc(F)c(=O)[nH]1. The number of ketones is 2. The van der Waals surface area contributed by atoms with Gasteiger partial charge in [-0.15, -0.1) is 0 Å². The first-order valence-corrected chi connectivity index (χ1v) is 12.7. The lowest BCUT2D eigenvalue weighted by atomic mass is 9.58. The number of aromatic amines is 2. The van der Waals surface area contributed by atoms with E-state index in [4.69, 9.17) is 5.73 Å². The van der Waals surface area contributed by atoms with Crippen molar-refractivity contribution in [1.82, 2.24) is 14.9 Å². The molecule has 15 heteroatoms. The normalized spacial score (nSPS) is 24.9. The number of Topliss-reactive ketones (excluding diaryl/α,β-unsaturated/α-hetero) is 2. The molecule has 0 saturated carbocycles. The number of aromatic hydroxyl groups is 1. The van der Waals surface area contributed by atoms with Gasteiger partial charge in [0.2, 0.25) is 11.6 Å². The molecule has 14 nitrogen and oxygen atoms in total. The lowest BCUT2D eigenvalue weighted by molar-refractivity contribution is -0.148. The monoisotopic (exact) mass is 587 g/mol. The van der Waals surface area contributed by atoms with Crippen molar-refractivity contribution in [3.63, 3.8) is 0 Å². The molecular formula is C27H30FN5O9. The Kier molecular flexibility index (Phi) is 7.60. The van der Waals surface area contributed by atoms with Crippen LogP contribution in [0.25, 0.3) is 0 Å². The quantitative estimate of drug-likeness (QED) is 0.224. The highest BCUT2D eigenvalue weighted by molar-refractivity contribution is 6.24. The van der Waals surface area contributed by atoms with Crippen molar-refractivity contribution in [1.29, 1.82) is 0 Å². The number of phenols is 1. The summed E-state index contributed by atoms with van der Waals surface area (Å²) >= 11 is 0. The van der Waals surface area contributed by atoms with Crippen LogP contribution in [0.4, 0.5) is 10.1 Å². The maximum absolute atomic E-state index is 13.5. The minimum Gasteiger partial charge on any atom is -0.510 e. The Balaban J connectivity index is 0.000000385. The summed E-state index contributed by atoms with van der Waals surface area (Å²) in [6, 6.07) is 2.06. The Labute approximate surface area is 237 Å². The first-order valence-electron chi connectivity index (χ1n) is 12.7. The number of aliphatic hydroxyl groups excluding tert-OH is 2. The van der Waals surface area contributed by atoms with Gasteiger partial charge in [-0.25, -0.2) is 4.79 Å². The lowest BCUT2D eigenvalue weighted by Gasteiger charge is -2.50. The van der Waals surface area contributed by atoms with E-state index in [0.717, 1.165) is 5.69 Å². The number of anilines is 1. The summed E-state index contributed by atoms with van der Waals surface area (Å²) in [7, 11) is 6.79. The van der Waals surface area contributed by atoms with E-state index >= 15 is 0 Å². The number of likely N-dealkylation sites (N-methyl/N-ethyl adjacent to an activating group) is 1. The molecule has 8 N–H and O–H groups in total. The minimum absolute atomic E-state index is 0.00184. The minimum atomic E-state index is -2.63. The number of carbonyl (C=O) groups excluding carboxylic acids is 3. The number of aliphatic hydroxyl groups is 3. The number of primary amides is 1. The van der Waals surface area contributed by atoms with Crippen LogP contribution in [0.15, 0.2) is 50.6 Å². The van der Waals surface area contributed by atoms with Crippen LogP contribution < -0.4 is 21.9 Å². The number of nitrogens with zero attached hydrogens (tertiary/aromatic N) is 2. The van der Waals surface area contributed by atoms with Crippen LogP contribution in [0.2, 0.25) is 0 Å². The predicted octanol–water partition coefficient (Wildman–Crippen LogP) is -0.611. The number of H-pyrrole nitrogens is 2. The molecule has 224 valence electrons. The third-order valence-corrected chi connectivity index (χ3v) is 7.84. The van der Waals surface area contributed by atoms with Gasteiger partial charge in [0.05, 0.1) is 11.6 Å². The van der Waals surface area contributed by atoms with Gasteiger partial charge in [0.25, 0.3) is 11.5 Å². The Hall–Kier alpha value is -4.76. The van der Waals surface area contributed by atoms with Crippen LogP contribution in [0.1, 0.15) is 22.3 Å². The van der Waals surface area contributed by atoms with Crippen LogP contribution in [-0.4, -0.2) is 92.6 Å². The summed E-state index contributed by atoms with van der Waals surface area (Å²) < 4.78 is 12.0. The Morgan fingerprint density at radius 1 is 1.10 bits per heavy atom. The molecule has 1 aromatic heterocycles. The predicted molar refractivity (Wildman–Crippen MR) is 146 cm³/mol. The molecule has 2 aromatic rings. The number of amides is 1. The number of halogens is 1. The van der Waals surface area contributed by atoms with Gasteiger partial charge >= 0.3 is 5.69 Å². The number of fused-ring (bicyclic) bond motifs is 3. The maximum atomic E-state index is 13.5. The maximum Gasteiger partial charge on any atom is 0.325 e. The van der Waals surface area contributed by atoms with Crippen molar-refractivity contribution < 1.29 is 39.2 Å². The summed E-state index contributed by atoms with van der Waals surface area (Å²) in [4.78, 5) is 66.0. The third-order valence-electron chi connectivity index (χ3n) is 7.84. The van der Waals surface area contributed by atoms with E-state index in [0.29, 0.717) is 11.8 Å². The Bertz CT molecular complexity index is 1690. The molecule has 5 rings (SSSR count). The van der Waals surface area contributed by atoms with E-state index in [1.54, 1.807) is 44.1 Å². The van der Waals surface area contributed by atoms with E-state index in [-0.39, 0.29) is 29.7 Å². The molecule has 4 atom stereocenters. The van der Waals surface area contributed by atoms with Crippen molar-refractivity contribution in [3.05, 3.63) is 78.8 Å². The number of rotatable bonds is 3. The summed E-state index contributed by atoms with van der Waals surface area (Å²) in [6.45, 7) is 0. The van der Waals surface area contributed by atoms with Crippen molar-refractivity contribution >= 4 is 23.2 Å². The highest BCUT2D eigenvalue weighted by Crippen LogP contribution is 2.53. The van der Waals surface area contributed by atoms with Crippen LogP contribution in [-0.2, 0) is 16.0 Å². The molecule has 0 fully saturated rings. The summed E-state index contributed by atoms with van der Waals surface area (Å²) in [5.74, 6) is -7.52. The van der Waals surface area contributed by atoms with Crippen LogP contribution in [0, 0.1) is 17.7 Å². The van der Waals surface area contributed by atoms with Gasteiger partial charge in [-0.2, -0.15) is 4.39 Å². The molecule has 0 unspecified atom stereocenters. The van der Waals surface area contributed by atoms with Crippen molar-refractivity contribution in [2.45, 2.75) is 24.5 Å². The molecule has 3 aliphatic rings. The number of carbonyl (C=O) groups is 3. The second-order valence-corrected chi connectivity index (χ2v) is 10.7. The first-order chi connectivity index (χ1) is 19.5. The van der Waals surface area contributed by atoms with Crippen molar-refractivity contribution in [2.75, 3.05) is 33.1 Å². The molecule has 0 bridgehead atoms. The van der Waals surface area contributed by atoms with Crippen LogP contribution in [0.3, 0.4) is 0 Å². The smallest absolute Gasteiger partial charge is 0.325 e. The zero-order valence-electron chi connectivity index (χ0n) is 23.1. The second-order valence-electron chi connectivity index (χ2n) is 10.7. The molecule has 0 radical (unpaired) electrons. The third kappa shape index (κ3) is 4.55. The zero-order valence-corrected chi connectivity index (χ0v) is 23.1.